The average molecular weight is 363 g/mol. The maximum atomic E-state index is 12.7. The van der Waals surface area contributed by atoms with Gasteiger partial charge in [0.25, 0.3) is 0 Å². The summed E-state index contributed by atoms with van der Waals surface area (Å²) in [5.41, 5.74) is 2.31. The van der Waals surface area contributed by atoms with E-state index in [2.05, 4.69) is 0 Å². The zero-order valence-electron chi connectivity index (χ0n) is 15.1. The lowest BCUT2D eigenvalue weighted by Crippen LogP contribution is -2.01. The number of aryl methyl sites for hydroxylation is 1. The summed E-state index contributed by atoms with van der Waals surface area (Å²) in [6.45, 7) is 1.32. The summed E-state index contributed by atoms with van der Waals surface area (Å²) in [7, 11) is 3.55. The number of hydrogen-bond donors (Lipinski definition) is 0. The fourth-order valence-electron chi connectivity index (χ4n) is 3.18. The van der Waals surface area contributed by atoms with Gasteiger partial charge in [-0.3, -0.25) is 9.59 Å². The van der Waals surface area contributed by atoms with Crippen LogP contribution in [0.5, 0.6) is 17.2 Å². The van der Waals surface area contributed by atoms with Crippen molar-refractivity contribution in [3.8, 4) is 17.2 Å². The Morgan fingerprint density at radius 3 is 2.67 bits per heavy atom. The molecule has 2 heterocycles. The molecule has 0 atom stereocenters. The number of ketones is 1. The average Bonchev–Trinajstić information content (AvgIpc) is 3.11. The Balaban J connectivity index is 1.74. The number of carbonyl (C=O) groups is 2. The summed E-state index contributed by atoms with van der Waals surface area (Å²) >= 11 is 0. The van der Waals surface area contributed by atoms with Crippen LogP contribution >= 0.6 is 0 Å². The summed E-state index contributed by atoms with van der Waals surface area (Å²) in [6, 6.07) is 10.5. The van der Waals surface area contributed by atoms with E-state index in [0.717, 1.165) is 22.2 Å². The number of Topliss-reactive ketones (excluding diaryl/α,β-unsaturated/α-hetero) is 1. The van der Waals surface area contributed by atoms with E-state index in [4.69, 9.17) is 14.2 Å². The molecule has 2 aromatic carbocycles. The Morgan fingerprint density at radius 2 is 1.93 bits per heavy atom. The maximum Gasteiger partial charge on any atom is 0.308 e. The smallest absolute Gasteiger partial charge is 0.308 e. The third-order valence-electron chi connectivity index (χ3n) is 4.42. The molecule has 4 rings (SSSR count). The molecule has 136 valence electrons. The molecular weight excluding hydrogens is 346 g/mol. The monoisotopic (exact) mass is 363 g/mol. The zero-order valence-corrected chi connectivity index (χ0v) is 15.1. The molecule has 0 N–H and O–H groups in total. The Morgan fingerprint density at radius 1 is 1.15 bits per heavy atom. The Kier molecular flexibility index (Phi) is 3.96. The number of methoxy groups -OCH3 is 1. The van der Waals surface area contributed by atoms with E-state index in [-0.39, 0.29) is 11.5 Å². The molecule has 6 heteroatoms. The van der Waals surface area contributed by atoms with Crippen LogP contribution in [0.25, 0.3) is 17.0 Å². The first-order chi connectivity index (χ1) is 13.0. The minimum atomic E-state index is -0.431. The topological polar surface area (TPSA) is 66.8 Å². The molecule has 1 aliphatic rings. The molecule has 6 nitrogen and oxygen atoms in total. The van der Waals surface area contributed by atoms with E-state index in [1.54, 1.807) is 31.4 Å². The van der Waals surface area contributed by atoms with Crippen molar-refractivity contribution in [2.45, 2.75) is 6.92 Å². The molecule has 1 aromatic heterocycles. The number of aromatic nitrogens is 1. The number of rotatable bonds is 3. The quantitative estimate of drug-likeness (QED) is 0.403. The molecule has 0 fully saturated rings. The SMILES string of the molecule is COc1ccc2c(c1)c(/C=C1/Oc3cc(OC(C)=O)ccc3C1=O)cn2C. The first-order valence-corrected chi connectivity index (χ1v) is 8.36. The maximum absolute atomic E-state index is 12.7. The summed E-state index contributed by atoms with van der Waals surface area (Å²) in [6.07, 6.45) is 3.65. The summed E-state index contributed by atoms with van der Waals surface area (Å²) in [4.78, 5) is 23.8. The first-order valence-electron chi connectivity index (χ1n) is 8.36. The van der Waals surface area contributed by atoms with E-state index in [1.807, 2.05) is 36.0 Å². The van der Waals surface area contributed by atoms with Crippen molar-refractivity contribution in [3.63, 3.8) is 0 Å². The second-order valence-corrected chi connectivity index (χ2v) is 6.27. The summed E-state index contributed by atoms with van der Waals surface area (Å²) in [5.74, 6) is 1.04. The fourth-order valence-corrected chi connectivity index (χ4v) is 3.18. The van der Waals surface area contributed by atoms with E-state index in [1.165, 1.54) is 6.92 Å². The fraction of sp³-hybridized carbons (Fsp3) is 0.143. The van der Waals surface area contributed by atoms with Gasteiger partial charge < -0.3 is 18.8 Å². The molecule has 27 heavy (non-hydrogen) atoms. The lowest BCUT2D eigenvalue weighted by atomic mass is 10.1. The van der Waals surface area contributed by atoms with Crippen LogP contribution in [0.15, 0.2) is 48.4 Å². The standard InChI is InChI=1S/C21H17NO5/c1-12(23)26-15-4-6-16-19(10-15)27-20(21(16)24)8-13-11-22(2)18-7-5-14(25-3)9-17(13)18/h4-11H,1-3H3/b20-8+. The molecule has 3 aromatic rings. The van der Waals surface area contributed by atoms with Gasteiger partial charge in [0.15, 0.2) is 5.76 Å². The Labute approximate surface area is 155 Å². The van der Waals surface area contributed by atoms with Gasteiger partial charge in [0.2, 0.25) is 5.78 Å². The summed E-state index contributed by atoms with van der Waals surface area (Å²) in [5, 5.41) is 0.956. The highest BCUT2D eigenvalue weighted by molar-refractivity contribution is 6.15. The van der Waals surface area contributed by atoms with Gasteiger partial charge in [-0.1, -0.05) is 0 Å². The molecule has 0 amide bonds. The number of fused-ring (bicyclic) bond motifs is 2. The molecule has 0 saturated heterocycles. The minimum absolute atomic E-state index is 0.209. The Bertz CT molecular complexity index is 1120. The molecule has 0 unspecified atom stereocenters. The van der Waals surface area contributed by atoms with Crippen LogP contribution in [0.4, 0.5) is 0 Å². The number of hydrogen-bond acceptors (Lipinski definition) is 5. The van der Waals surface area contributed by atoms with Gasteiger partial charge in [-0.05, 0) is 36.4 Å². The largest absolute Gasteiger partial charge is 0.497 e. The van der Waals surface area contributed by atoms with Gasteiger partial charge in [-0.2, -0.15) is 0 Å². The third-order valence-corrected chi connectivity index (χ3v) is 4.42. The van der Waals surface area contributed by atoms with E-state index in [0.29, 0.717) is 17.1 Å². The van der Waals surface area contributed by atoms with Crippen LogP contribution < -0.4 is 14.2 Å². The van der Waals surface area contributed by atoms with Crippen LogP contribution in [0.1, 0.15) is 22.8 Å². The van der Waals surface area contributed by atoms with Crippen molar-refractivity contribution in [1.82, 2.24) is 4.57 Å². The molecule has 0 bridgehead atoms. The van der Waals surface area contributed by atoms with E-state index in [9.17, 15) is 9.59 Å². The van der Waals surface area contributed by atoms with Gasteiger partial charge in [0.1, 0.15) is 17.2 Å². The van der Waals surface area contributed by atoms with Gasteiger partial charge in [0, 0.05) is 42.7 Å². The first kappa shape index (κ1) is 16.9. The summed E-state index contributed by atoms with van der Waals surface area (Å²) < 4.78 is 18.1. The molecular formula is C21H17NO5. The molecule has 0 aliphatic carbocycles. The van der Waals surface area contributed by atoms with Crippen molar-refractivity contribution in [1.29, 1.82) is 0 Å². The molecule has 0 saturated carbocycles. The predicted octanol–water partition coefficient (Wildman–Crippen LogP) is 3.73. The van der Waals surface area contributed by atoms with Gasteiger partial charge in [0.05, 0.1) is 12.7 Å². The number of ether oxygens (including phenoxy) is 3. The van der Waals surface area contributed by atoms with E-state index < -0.39 is 5.97 Å². The molecule has 0 spiro atoms. The highest BCUT2D eigenvalue weighted by Crippen LogP contribution is 2.36. The number of nitrogens with zero attached hydrogens (tertiary/aromatic N) is 1. The minimum Gasteiger partial charge on any atom is -0.497 e. The molecule has 1 aliphatic heterocycles. The highest BCUT2D eigenvalue weighted by Gasteiger charge is 2.28. The van der Waals surface area contributed by atoms with Crippen molar-refractivity contribution < 1.29 is 23.8 Å². The van der Waals surface area contributed by atoms with Gasteiger partial charge in [-0.15, -0.1) is 0 Å². The number of esters is 1. The number of allylic oxidation sites excluding steroid dienone is 1. The van der Waals surface area contributed by atoms with Gasteiger partial charge in [-0.25, -0.2) is 0 Å². The Hall–Kier alpha value is -3.54. The van der Waals surface area contributed by atoms with Crippen LogP contribution in [0.2, 0.25) is 0 Å². The second-order valence-electron chi connectivity index (χ2n) is 6.27. The lowest BCUT2D eigenvalue weighted by molar-refractivity contribution is -0.131. The van der Waals surface area contributed by atoms with E-state index >= 15 is 0 Å². The number of benzene rings is 2. The molecule has 0 radical (unpaired) electrons. The van der Waals surface area contributed by atoms with Crippen LogP contribution in [0, 0.1) is 0 Å². The lowest BCUT2D eigenvalue weighted by Gasteiger charge is -2.02. The van der Waals surface area contributed by atoms with Crippen LogP contribution in [0.3, 0.4) is 0 Å². The van der Waals surface area contributed by atoms with Crippen LogP contribution in [-0.2, 0) is 11.8 Å². The van der Waals surface area contributed by atoms with Crippen molar-refractivity contribution in [3.05, 3.63) is 59.5 Å². The van der Waals surface area contributed by atoms with Crippen LogP contribution in [-0.4, -0.2) is 23.4 Å². The van der Waals surface area contributed by atoms with Crippen molar-refractivity contribution in [2.24, 2.45) is 7.05 Å². The zero-order chi connectivity index (χ0) is 19.1. The predicted molar refractivity (Wildman–Crippen MR) is 100 cm³/mol. The second kappa shape index (κ2) is 6.32. The third kappa shape index (κ3) is 2.95. The normalized spacial score (nSPS) is 14.3. The van der Waals surface area contributed by atoms with Crippen molar-refractivity contribution in [2.75, 3.05) is 7.11 Å². The number of carbonyl (C=O) groups excluding carboxylic acids is 2. The van der Waals surface area contributed by atoms with Gasteiger partial charge >= 0.3 is 5.97 Å². The highest BCUT2D eigenvalue weighted by atomic mass is 16.5. The van der Waals surface area contributed by atoms with Crippen molar-refractivity contribution >= 4 is 28.7 Å².